The number of hydrogen-bond acceptors (Lipinski definition) is 5. The third-order valence-corrected chi connectivity index (χ3v) is 5.95. The summed E-state index contributed by atoms with van der Waals surface area (Å²) in [6.45, 7) is 8.56. The Kier molecular flexibility index (Phi) is 6.49. The molecule has 2 aromatic carbocycles. The SMILES string of the molecule is CCc1ccc2oc(=O)cc(CN3CCN(CC(=O)Nc4ccccc4C)CC3)c2c1. The van der Waals surface area contributed by atoms with Crippen LogP contribution in [0.5, 0.6) is 0 Å². The summed E-state index contributed by atoms with van der Waals surface area (Å²) in [6, 6.07) is 15.5. The number of aryl methyl sites for hydroxylation is 2. The van der Waals surface area contributed by atoms with Gasteiger partial charge >= 0.3 is 5.63 Å². The lowest BCUT2D eigenvalue weighted by molar-refractivity contribution is -0.117. The highest BCUT2D eigenvalue weighted by Gasteiger charge is 2.20. The van der Waals surface area contributed by atoms with Gasteiger partial charge in [0, 0.05) is 49.9 Å². The van der Waals surface area contributed by atoms with E-state index in [1.807, 2.05) is 43.3 Å². The van der Waals surface area contributed by atoms with Crippen molar-refractivity contribution in [3.05, 3.63) is 75.6 Å². The van der Waals surface area contributed by atoms with Crippen LogP contribution in [0.15, 0.2) is 57.7 Å². The summed E-state index contributed by atoms with van der Waals surface area (Å²) < 4.78 is 5.38. The topological polar surface area (TPSA) is 65.8 Å². The zero-order chi connectivity index (χ0) is 21.8. The van der Waals surface area contributed by atoms with Crippen LogP contribution in [0.4, 0.5) is 5.69 Å². The first-order chi connectivity index (χ1) is 15.0. The zero-order valence-corrected chi connectivity index (χ0v) is 18.2. The van der Waals surface area contributed by atoms with E-state index in [9.17, 15) is 9.59 Å². The summed E-state index contributed by atoms with van der Waals surface area (Å²) in [6.07, 6.45) is 0.942. The Bertz CT molecular complexity index is 1130. The number of benzene rings is 2. The van der Waals surface area contributed by atoms with Crippen molar-refractivity contribution in [2.75, 3.05) is 38.0 Å². The fraction of sp³-hybridized carbons (Fsp3) is 0.360. The molecule has 1 aromatic heterocycles. The van der Waals surface area contributed by atoms with Crippen molar-refractivity contribution < 1.29 is 9.21 Å². The third-order valence-electron chi connectivity index (χ3n) is 5.95. The van der Waals surface area contributed by atoms with E-state index in [1.165, 1.54) is 5.56 Å². The van der Waals surface area contributed by atoms with Crippen molar-refractivity contribution in [2.24, 2.45) is 0 Å². The number of fused-ring (bicyclic) bond motifs is 1. The van der Waals surface area contributed by atoms with Gasteiger partial charge in [0.05, 0.1) is 6.54 Å². The molecule has 0 radical (unpaired) electrons. The fourth-order valence-corrected chi connectivity index (χ4v) is 4.08. The normalized spacial score (nSPS) is 15.3. The number of para-hydroxylation sites is 1. The molecule has 0 aliphatic carbocycles. The van der Waals surface area contributed by atoms with Gasteiger partial charge in [-0.3, -0.25) is 14.6 Å². The Morgan fingerprint density at radius 2 is 1.77 bits per heavy atom. The van der Waals surface area contributed by atoms with Crippen LogP contribution in [-0.4, -0.2) is 48.4 Å². The zero-order valence-electron chi connectivity index (χ0n) is 18.2. The quantitative estimate of drug-likeness (QED) is 0.620. The molecule has 0 saturated carbocycles. The van der Waals surface area contributed by atoms with Gasteiger partial charge in [-0.25, -0.2) is 4.79 Å². The minimum Gasteiger partial charge on any atom is -0.423 e. The number of anilines is 1. The van der Waals surface area contributed by atoms with E-state index in [-0.39, 0.29) is 11.5 Å². The summed E-state index contributed by atoms with van der Waals surface area (Å²) in [7, 11) is 0. The van der Waals surface area contributed by atoms with Gasteiger partial charge in [-0.1, -0.05) is 31.2 Å². The second kappa shape index (κ2) is 9.45. The predicted molar refractivity (Wildman–Crippen MR) is 123 cm³/mol. The van der Waals surface area contributed by atoms with Crippen molar-refractivity contribution in [2.45, 2.75) is 26.8 Å². The van der Waals surface area contributed by atoms with Crippen molar-refractivity contribution in [3.63, 3.8) is 0 Å². The average Bonchev–Trinajstić information content (AvgIpc) is 2.76. The molecule has 3 aromatic rings. The van der Waals surface area contributed by atoms with Crippen LogP contribution in [0.3, 0.4) is 0 Å². The predicted octanol–water partition coefficient (Wildman–Crippen LogP) is 3.42. The molecule has 1 fully saturated rings. The molecule has 162 valence electrons. The van der Waals surface area contributed by atoms with E-state index in [1.54, 1.807) is 6.07 Å². The number of carbonyl (C=O) groups is 1. The molecule has 0 unspecified atom stereocenters. The molecule has 6 nitrogen and oxygen atoms in total. The summed E-state index contributed by atoms with van der Waals surface area (Å²) in [5.74, 6) is 0.0153. The van der Waals surface area contributed by atoms with Crippen molar-refractivity contribution >= 4 is 22.6 Å². The van der Waals surface area contributed by atoms with Gasteiger partial charge in [0.2, 0.25) is 5.91 Å². The summed E-state index contributed by atoms with van der Waals surface area (Å²) >= 11 is 0. The Balaban J connectivity index is 1.36. The first-order valence-electron chi connectivity index (χ1n) is 10.9. The van der Waals surface area contributed by atoms with Crippen molar-refractivity contribution in [1.29, 1.82) is 0 Å². The first-order valence-corrected chi connectivity index (χ1v) is 10.9. The van der Waals surface area contributed by atoms with Crippen LogP contribution >= 0.6 is 0 Å². The Morgan fingerprint density at radius 1 is 1.03 bits per heavy atom. The van der Waals surface area contributed by atoms with Gasteiger partial charge in [0.15, 0.2) is 0 Å². The maximum absolute atomic E-state index is 12.4. The molecule has 2 heterocycles. The van der Waals surface area contributed by atoms with Gasteiger partial charge in [0.25, 0.3) is 0 Å². The number of amides is 1. The number of carbonyl (C=O) groups excluding carboxylic acids is 1. The maximum atomic E-state index is 12.4. The second-order valence-electron chi connectivity index (χ2n) is 8.19. The van der Waals surface area contributed by atoms with Crippen molar-refractivity contribution in [1.82, 2.24) is 9.80 Å². The average molecular weight is 420 g/mol. The van der Waals surface area contributed by atoms with Gasteiger partial charge in [0.1, 0.15) is 5.58 Å². The highest BCUT2D eigenvalue weighted by molar-refractivity contribution is 5.92. The van der Waals surface area contributed by atoms with E-state index in [4.69, 9.17) is 4.42 Å². The molecule has 0 spiro atoms. The second-order valence-corrected chi connectivity index (χ2v) is 8.19. The van der Waals surface area contributed by atoms with Crippen LogP contribution in [0.2, 0.25) is 0 Å². The lowest BCUT2D eigenvalue weighted by atomic mass is 10.0. The van der Waals surface area contributed by atoms with E-state index >= 15 is 0 Å². The van der Waals surface area contributed by atoms with Crippen molar-refractivity contribution in [3.8, 4) is 0 Å². The van der Waals surface area contributed by atoms with E-state index in [0.717, 1.165) is 54.8 Å². The molecule has 0 atom stereocenters. The highest BCUT2D eigenvalue weighted by Crippen LogP contribution is 2.21. The van der Waals surface area contributed by atoms with Gasteiger partial charge in [-0.05, 0) is 48.2 Å². The lowest BCUT2D eigenvalue weighted by Crippen LogP contribution is -2.48. The molecular formula is C25H29N3O3. The molecule has 4 rings (SSSR count). The summed E-state index contributed by atoms with van der Waals surface area (Å²) in [5, 5.41) is 4.02. The van der Waals surface area contributed by atoms with Crippen LogP contribution < -0.4 is 10.9 Å². The first kappa shape index (κ1) is 21.3. The third kappa shape index (κ3) is 5.21. The summed E-state index contributed by atoms with van der Waals surface area (Å²) in [5.41, 5.74) is 4.50. The lowest BCUT2D eigenvalue weighted by Gasteiger charge is -2.34. The van der Waals surface area contributed by atoms with Crippen LogP contribution in [0.1, 0.15) is 23.6 Å². The van der Waals surface area contributed by atoms with Gasteiger partial charge < -0.3 is 9.73 Å². The Morgan fingerprint density at radius 3 is 2.52 bits per heavy atom. The largest absolute Gasteiger partial charge is 0.423 e. The molecule has 1 amide bonds. The van der Waals surface area contributed by atoms with E-state index < -0.39 is 0 Å². The monoisotopic (exact) mass is 419 g/mol. The highest BCUT2D eigenvalue weighted by atomic mass is 16.4. The smallest absolute Gasteiger partial charge is 0.336 e. The molecule has 0 bridgehead atoms. The molecule has 6 heteroatoms. The number of rotatable bonds is 6. The fourth-order valence-electron chi connectivity index (χ4n) is 4.08. The number of hydrogen-bond donors (Lipinski definition) is 1. The molecule has 1 aliphatic rings. The summed E-state index contributed by atoms with van der Waals surface area (Å²) in [4.78, 5) is 29.0. The molecule has 1 saturated heterocycles. The standard InChI is InChI=1S/C25H29N3O3/c1-3-19-8-9-23-21(14-19)20(15-25(30)31-23)16-27-10-12-28(13-11-27)17-24(29)26-22-7-5-4-6-18(22)2/h4-9,14-15H,3,10-13,16-17H2,1-2H3,(H,26,29). The van der Waals surface area contributed by atoms with Crippen LogP contribution in [0.25, 0.3) is 11.0 Å². The van der Waals surface area contributed by atoms with E-state index in [2.05, 4.69) is 28.1 Å². The number of nitrogens with one attached hydrogen (secondary N) is 1. The van der Waals surface area contributed by atoms with Gasteiger partial charge in [-0.2, -0.15) is 0 Å². The maximum Gasteiger partial charge on any atom is 0.336 e. The molecule has 31 heavy (non-hydrogen) atoms. The minimum absolute atomic E-state index is 0.0153. The van der Waals surface area contributed by atoms with E-state index in [0.29, 0.717) is 18.7 Å². The molecular weight excluding hydrogens is 390 g/mol. The number of nitrogens with zero attached hydrogens (tertiary/aromatic N) is 2. The van der Waals surface area contributed by atoms with Crippen LogP contribution in [0, 0.1) is 6.92 Å². The minimum atomic E-state index is -0.307. The molecule has 1 N–H and O–H groups in total. The van der Waals surface area contributed by atoms with Crippen LogP contribution in [-0.2, 0) is 17.8 Å². The Labute approximate surface area is 182 Å². The Hall–Kier alpha value is -2.96. The van der Waals surface area contributed by atoms with Gasteiger partial charge in [-0.15, -0.1) is 0 Å². The molecule has 1 aliphatic heterocycles. The number of piperazine rings is 1.